The molecular formula is C14H21ClN2O2S. The third-order valence-corrected chi connectivity index (χ3v) is 5.58. The first-order valence-corrected chi connectivity index (χ1v) is 8.71. The number of benzene rings is 1. The van der Waals surface area contributed by atoms with Crippen molar-refractivity contribution >= 4 is 27.3 Å². The first-order chi connectivity index (χ1) is 9.28. The molecule has 1 aliphatic rings. The third-order valence-electron chi connectivity index (χ3n) is 3.77. The summed E-state index contributed by atoms with van der Waals surface area (Å²) >= 11 is 5.86. The SMILES string of the molecule is CC1CC(C)CC(NS(=O)(=O)c2cc(Cl)ccc2N)C1. The molecule has 112 valence electrons. The van der Waals surface area contributed by atoms with Crippen molar-refractivity contribution in [3.05, 3.63) is 23.2 Å². The summed E-state index contributed by atoms with van der Waals surface area (Å²) in [5.41, 5.74) is 5.98. The van der Waals surface area contributed by atoms with Gasteiger partial charge in [-0.1, -0.05) is 25.4 Å². The Labute approximate surface area is 125 Å². The Kier molecular flexibility index (Phi) is 4.62. The van der Waals surface area contributed by atoms with Crippen LogP contribution in [0, 0.1) is 11.8 Å². The van der Waals surface area contributed by atoms with Gasteiger partial charge in [0.15, 0.2) is 0 Å². The standard InChI is InChI=1S/C14H21ClN2O2S/c1-9-5-10(2)7-12(6-9)17-20(18,19)14-8-11(15)3-4-13(14)16/h3-4,8-10,12,17H,5-7,16H2,1-2H3. The minimum atomic E-state index is -3.62. The summed E-state index contributed by atoms with van der Waals surface area (Å²) in [5.74, 6) is 1.06. The molecule has 4 nitrogen and oxygen atoms in total. The third kappa shape index (κ3) is 3.65. The molecule has 0 radical (unpaired) electrons. The van der Waals surface area contributed by atoms with E-state index in [1.54, 1.807) is 6.07 Å². The maximum Gasteiger partial charge on any atom is 0.242 e. The van der Waals surface area contributed by atoms with Crippen LogP contribution >= 0.6 is 11.6 Å². The Morgan fingerprint density at radius 2 is 1.80 bits per heavy atom. The van der Waals surface area contributed by atoms with E-state index in [9.17, 15) is 8.42 Å². The van der Waals surface area contributed by atoms with Crippen LogP contribution in [0.1, 0.15) is 33.1 Å². The minimum Gasteiger partial charge on any atom is -0.398 e. The monoisotopic (exact) mass is 316 g/mol. The lowest BCUT2D eigenvalue weighted by atomic mass is 9.81. The first-order valence-electron chi connectivity index (χ1n) is 6.85. The van der Waals surface area contributed by atoms with Gasteiger partial charge in [0, 0.05) is 11.1 Å². The molecule has 0 heterocycles. The van der Waals surface area contributed by atoms with Gasteiger partial charge in [0.25, 0.3) is 0 Å². The number of nitrogen functional groups attached to an aromatic ring is 1. The summed E-state index contributed by atoms with van der Waals surface area (Å²) in [7, 11) is -3.62. The molecular weight excluding hydrogens is 296 g/mol. The lowest BCUT2D eigenvalue weighted by Crippen LogP contribution is -2.40. The molecule has 1 aliphatic carbocycles. The molecule has 20 heavy (non-hydrogen) atoms. The van der Waals surface area contributed by atoms with Gasteiger partial charge in [-0.25, -0.2) is 13.1 Å². The van der Waals surface area contributed by atoms with Gasteiger partial charge in [-0.3, -0.25) is 0 Å². The van der Waals surface area contributed by atoms with Crippen molar-refractivity contribution in [1.82, 2.24) is 4.72 Å². The molecule has 0 amide bonds. The number of anilines is 1. The quantitative estimate of drug-likeness (QED) is 0.842. The van der Waals surface area contributed by atoms with E-state index in [2.05, 4.69) is 18.6 Å². The molecule has 1 saturated carbocycles. The number of nitrogens with one attached hydrogen (secondary N) is 1. The second kappa shape index (κ2) is 5.92. The van der Waals surface area contributed by atoms with Crippen LogP contribution < -0.4 is 10.5 Å². The fraction of sp³-hybridized carbons (Fsp3) is 0.571. The lowest BCUT2D eigenvalue weighted by molar-refractivity contribution is 0.258. The van der Waals surface area contributed by atoms with Gasteiger partial charge in [0.1, 0.15) is 4.90 Å². The summed E-state index contributed by atoms with van der Waals surface area (Å²) in [6, 6.07) is 4.47. The Bertz CT molecular complexity index is 579. The Balaban J connectivity index is 2.21. The Morgan fingerprint density at radius 1 is 1.20 bits per heavy atom. The van der Waals surface area contributed by atoms with Crippen molar-refractivity contribution in [1.29, 1.82) is 0 Å². The molecule has 1 aromatic rings. The van der Waals surface area contributed by atoms with Gasteiger partial charge in [-0.15, -0.1) is 0 Å². The van der Waals surface area contributed by atoms with Gasteiger partial charge in [0.05, 0.1) is 5.69 Å². The molecule has 0 aromatic heterocycles. The van der Waals surface area contributed by atoms with Crippen molar-refractivity contribution < 1.29 is 8.42 Å². The van der Waals surface area contributed by atoms with E-state index in [1.165, 1.54) is 12.1 Å². The number of hydrogen-bond donors (Lipinski definition) is 2. The highest BCUT2D eigenvalue weighted by atomic mass is 35.5. The predicted molar refractivity (Wildman–Crippen MR) is 82.2 cm³/mol. The smallest absolute Gasteiger partial charge is 0.242 e. The molecule has 0 spiro atoms. The van der Waals surface area contributed by atoms with Crippen LogP contribution in [-0.2, 0) is 10.0 Å². The summed E-state index contributed by atoms with van der Waals surface area (Å²) in [5, 5.41) is 0.366. The number of hydrogen-bond acceptors (Lipinski definition) is 3. The van der Waals surface area contributed by atoms with Gasteiger partial charge in [-0.05, 0) is 49.3 Å². The highest BCUT2D eigenvalue weighted by molar-refractivity contribution is 7.89. The molecule has 1 fully saturated rings. The summed E-state index contributed by atoms with van der Waals surface area (Å²) in [6.45, 7) is 4.31. The van der Waals surface area contributed by atoms with E-state index >= 15 is 0 Å². The van der Waals surface area contributed by atoms with Crippen LogP contribution in [-0.4, -0.2) is 14.5 Å². The maximum atomic E-state index is 12.4. The number of nitrogens with two attached hydrogens (primary N) is 1. The molecule has 0 saturated heterocycles. The summed E-state index contributed by atoms with van der Waals surface area (Å²) < 4.78 is 27.6. The van der Waals surface area contributed by atoms with Crippen LogP contribution in [0.5, 0.6) is 0 Å². The maximum absolute atomic E-state index is 12.4. The van der Waals surface area contributed by atoms with Crippen molar-refractivity contribution in [3.8, 4) is 0 Å². The highest BCUT2D eigenvalue weighted by Crippen LogP contribution is 2.30. The number of halogens is 1. The molecule has 1 aromatic carbocycles. The second-order valence-corrected chi connectivity index (χ2v) is 8.04. The van der Waals surface area contributed by atoms with E-state index < -0.39 is 10.0 Å². The zero-order valence-electron chi connectivity index (χ0n) is 11.8. The topological polar surface area (TPSA) is 72.2 Å². The average molecular weight is 317 g/mol. The van der Waals surface area contributed by atoms with E-state index in [-0.39, 0.29) is 16.6 Å². The molecule has 6 heteroatoms. The van der Waals surface area contributed by atoms with Crippen LogP contribution in [0.15, 0.2) is 23.1 Å². The average Bonchev–Trinajstić information content (AvgIpc) is 2.30. The number of rotatable bonds is 3. The van der Waals surface area contributed by atoms with E-state index in [1.807, 2.05) is 0 Å². The van der Waals surface area contributed by atoms with E-state index in [0.717, 1.165) is 19.3 Å². The summed E-state index contributed by atoms with van der Waals surface area (Å²) in [4.78, 5) is 0.0656. The molecule has 0 aliphatic heterocycles. The van der Waals surface area contributed by atoms with Crippen molar-refractivity contribution in [2.45, 2.75) is 44.0 Å². The molecule has 2 atom stereocenters. The molecule has 2 unspecified atom stereocenters. The zero-order chi connectivity index (χ0) is 14.9. The fourth-order valence-electron chi connectivity index (χ4n) is 3.07. The van der Waals surface area contributed by atoms with Gasteiger partial charge in [0.2, 0.25) is 10.0 Å². The second-order valence-electron chi connectivity index (χ2n) is 5.92. The van der Waals surface area contributed by atoms with E-state index in [0.29, 0.717) is 16.9 Å². The van der Waals surface area contributed by atoms with Crippen LogP contribution in [0.25, 0.3) is 0 Å². The zero-order valence-corrected chi connectivity index (χ0v) is 13.3. The van der Waals surface area contributed by atoms with Gasteiger partial charge in [-0.2, -0.15) is 0 Å². The minimum absolute atomic E-state index is 0.0304. The largest absolute Gasteiger partial charge is 0.398 e. The normalized spacial score (nSPS) is 27.4. The van der Waals surface area contributed by atoms with Gasteiger partial charge >= 0.3 is 0 Å². The first kappa shape index (κ1) is 15.6. The predicted octanol–water partition coefficient (Wildman–Crippen LogP) is 3.03. The Hall–Kier alpha value is -0.780. The number of sulfonamides is 1. The van der Waals surface area contributed by atoms with Crippen molar-refractivity contribution in [2.75, 3.05) is 5.73 Å². The molecule has 0 bridgehead atoms. The fourth-order valence-corrected chi connectivity index (χ4v) is 4.72. The van der Waals surface area contributed by atoms with Crippen molar-refractivity contribution in [3.63, 3.8) is 0 Å². The highest BCUT2D eigenvalue weighted by Gasteiger charge is 2.28. The van der Waals surface area contributed by atoms with E-state index in [4.69, 9.17) is 17.3 Å². The van der Waals surface area contributed by atoms with Crippen LogP contribution in [0.2, 0.25) is 5.02 Å². The lowest BCUT2D eigenvalue weighted by Gasteiger charge is -2.31. The van der Waals surface area contributed by atoms with Gasteiger partial charge < -0.3 is 5.73 Å². The molecule has 2 rings (SSSR count). The van der Waals surface area contributed by atoms with Crippen LogP contribution in [0.3, 0.4) is 0 Å². The Morgan fingerprint density at radius 3 is 2.40 bits per heavy atom. The van der Waals surface area contributed by atoms with Crippen LogP contribution in [0.4, 0.5) is 5.69 Å². The molecule has 3 N–H and O–H groups in total. The van der Waals surface area contributed by atoms with Crippen molar-refractivity contribution in [2.24, 2.45) is 11.8 Å². The summed E-state index contributed by atoms with van der Waals surface area (Å²) in [6.07, 6.45) is 2.88.